The fourth-order valence-corrected chi connectivity index (χ4v) is 3.83. The van der Waals surface area contributed by atoms with E-state index in [0.29, 0.717) is 39.7 Å². The average Bonchev–Trinajstić information content (AvgIpc) is 3.22. The Balaban J connectivity index is 1.71. The summed E-state index contributed by atoms with van der Waals surface area (Å²) in [4.78, 5) is 15.2. The number of piperidine rings is 1. The standard InChI is InChI=1S/C20H30ClN5O2/c1-13(2)7-8-22-11-15-6-5-9-26(12-15)20(27)17-18(23-25(4)19(17)21)16-10-14(3)28-24-16/h10,13,15,22H,5-9,11-12H2,1-4H3. The SMILES string of the molecule is Cc1cc(-c2nn(C)c(Cl)c2C(=O)N2CCCC(CNCCC(C)C)C2)no1. The fraction of sp³-hybridized carbons (Fsp3) is 0.650. The van der Waals surface area contributed by atoms with E-state index in [1.165, 1.54) is 11.1 Å². The summed E-state index contributed by atoms with van der Waals surface area (Å²) >= 11 is 6.44. The van der Waals surface area contributed by atoms with Crippen molar-refractivity contribution in [3.63, 3.8) is 0 Å². The second-order valence-electron chi connectivity index (χ2n) is 8.11. The van der Waals surface area contributed by atoms with Gasteiger partial charge in [0.25, 0.3) is 5.91 Å². The molecule has 0 radical (unpaired) electrons. The highest BCUT2D eigenvalue weighted by molar-refractivity contribution is 6.33. The summed E-state index contributed by atoms with van der Waals surface area (Å²) in [5.74, 6) is 1.74. The van der Waals surface area contributed by atoms with Gasteiger partial charge in [-0.2, -0.15) is 5.10 Å². The third-order valence-corrected chi connectivity index (χ3v) is 5.63. The normalized spacial score (nSPS) is 17.5. The molecule has 3 rings (SSSR count). The first-order valence-electron chi connectivity index (χ1n) is 10.0. The molecule has 0 aliphatic carbocycles. The minimum absolute atomic E-state index is 0.0827. The van der Waals surface area contributed by atoms with Crippen molar-refractivity contribution in [2.75, 3.05) is 26.2 Å². The van der Waals surface area contributed by atoms with Crippen molar-refractivity contribution < 1.29 is 9.32 Å². The van der Waals surface area contributed by atoms with Crippen LogP contribution in [-0.2, 0) is 7.05 Å². The van der Waals surface area contributed by atoms with Gasteiger partial charge in [-0.25, -0.2) is 0 Å². The average molecular weight is 408 g/mol. The number of hydrogen-bond donors (Lipinski definition) is 1. The van der Waals surface area contributed by atoms with Crippen LogP contribution in [0.4, 0.5) is 0 Å². The number of likely N-dealkylation sites (tertiary alicyclic amines) is 1. The van der Waals surface area contributed by atoms with Gasteiger partial charge in [0.1, 0.15) is 27.9 Å². The van der Waals surface area contributed by atoms with E-state index in [0.717, 1.165) is 39.0 Å². The van der Waals surface area contributed by atoms with Crippen LogP contribution in [0, 0.1) is 18.8 Å². The van der Waals surface area contributed by atoms with Crippen molar-refractivity contribution in [2.24, 2.45) is 18.9 Å². The topological polar surface area (TPSA) is 76.2 Å². The molecule has 1 atom stereocenters. The number of halogens is 1. The lowest BCUT2D eigenvalue weighted by molar-refractivity contribution is 0.0674. The monoisotopic (exact) mass is 407 g/mol. The zero-order valence-electron chi connectivity index (χ0n) is 17.2. The molecule has 3 heterocycles. The maximum absolute atomic E-state index is 13.3. The van der Waals surface area contributed by atoms with Gasteiger partial charge in [-0.3, -0.25) is 9.48 Å². The van der Waals surface area contributed by atoms with Crippen molar-refractivity contribution in [3.05, 3.63) is 22.5 Å². The Morgan fingerprint density at radius 3 is 2.93 bits per heavy atom. The molecule has 28 heavy (non-hydrogen) atoms. The molecule has 8 heteroatoms. The van der Waals surface area contributed by atoms with Gasteiger partial charge in [0.05, 0.1) is 0 Å². The Morgan fingerprint density at radius 1 is 1.46 bits per heavy atom. The summed E-state index contributed by atoms with van der Waals surface area (Å²) in [6.45, 7) is 9.70. The molecule has 1 unspecified atom stereocenters. The third kappa shape index (κ3) is 4.75. The minimum Gasteiger partial charge on any atom is -0.361 e. The molecule has 1 fully saturated rings. The Hall–Kier alpha value is -1.86. The summed E-state index contributed by atoms with van der Waals surface area (Å²) < 4.78 is 6.68. The molecule has 0 saturated carbocycles. The molecule has 2 aromatic heterocycles. The van der Waals surface area contributed by atoms with Crippen LogP contribution in [0.15, 0.2) is 10.6 Å². The number of carbonyl (C=O) groups excluding carboxylic acids is 1. The number of nitrogens with one attached hydrogen (secondary N) is 1. The van der Waals surface area contributed by atoms with Crippen molar-refractivity contribution in [1.82, 2.24) is 25.2 Å². The molecule has 2 aromatic rings. The Morgan fingerprint density at radius 2 is 2.25 bits per heavy atom. The molecular weight excluding hydrogens is 378 g/mol. The van der Waals surface area contributed by atoms with Crippen molar-refractivity contribution in [2.45, 2.75) is 40.0 Å². The number of aryl methyl sites for hydroxylation is 2. The maximum atomic E-state index is 13.3. The van der Waals surface area contributed by atoms with Crippen LogP contribution in [0.1, 0.15) is 49.2 Å². The minimum atomic E-state index is -0.0827. The predicted octanol–water partition coefficient (Wildman–Crippen LogP) is 3.52. The van der Waals surface area contributed by atoms with Crippen molar-refractivity contribution >= 4 is 17.5 Å². The molecule has 1 saturated heterocycles. The summed E-state index contributed by atoms with van der Waals surface area (Å²) in [6.07, 6.45) is 3.30. The van der Waals surface area contributed by atoms with E-state index >= 15 is 0 Å². The van der Waals surface area contributed by atoms with Crippen LogP contribution >= 0.6 is 11.6 Å². The number of rotatable bonds is 7. The van der Waals surface area contributed by atoms with Crippen LogP contribution in [0.3, 0.4) is 0 Å². The van der Waals surface area contributed by atoms with E-state index in [9.17, 15) is 4.79 Å². The number of hydrogen-bond acceptors (Lipinski definition) is 5. The lowest BCUT2D eigenvalue weighted by atomic mass is 9.97. The van der Waals surface area contributed by atoms with Gasteiger partial charge < -0.3 is 14.7 Å². The van der Waals surface area contributed by atoms with E-state index < -0.39 is 0 Å². The first-order valence-corrected chi connectivity index (χ1v) is 10.4. The highest BCUT2D eigenvalue weighted by Gasteiger charge is 2.31. The zero-order chi connectivity index (χ0) is 20.3. The molecule has 0 aromatic carbocycles. The Kier molecular flexibility index (Phi) is 6.78. The van der Waals surface area contributed by atoms with Gasteiger partial charge in [-0.15, -0.1) is 0 Å². The lowest BCUT2D eigenvalue weighted by Gasteiger charge is -2.33. The number of carbonyl (C=O) groups is 1. The summed E-state index contributed by atoms with van der Waals surface area (Å²) in [5.41, 5.74) is 1.42. The third-order valence-electron chi connectivity index (χ3n) is 5.20. The van der Waals surface area contributed by atoms with E-state index in [-0.39, 0.29) is 5.91 Å². The first-order chi connectivity index (χ1) is 13.4. The number of aromatic nitrogens is 3. The van der Waals surface area contributed by atoms with E-state index in [4.69, 9.17) is 16.1 Å². The molecule has 7 nitrogen and oxygen atoms in total. The second-order valence-corrected chi connectivity index (χ2v) is 8.46. The molecule has 154 valence electrons. The van der Waals surface area contributed by atoms with Crippen LogP contribution in [0.5, 0.6) is 0 Å². The van der Waals surface area contributed by atoms with Crippen molar-refractivity contribution in [3.8, 4) is 11.4 Å². The first kappa shape index (κ1) is 20.9. The van der Waals surface area contributed by atoms with Crippen LogP contribution in [0.2, 0.25) is 5.15 Å². The largest absolute Gasteiger partial charge is 0.361 e. The van der Waals surface area contributed by atoms with E-state index in [2.05, 4.69) is 29.4 Å². The lowest BCUT2D eigenvalue weighted by Crippen LogP contribution is -2.43. The van der Waals surface area contributed by atoms with Gasteiger partial charge in [0.15, 0.2) is 0 Å². The highest BCUT2D eigenvalue weighted by Crippen LogP contribution is 2.30. The van der Waals surface area contributed by atoms with Crippen LogP contribution in [0.25, 0.3) is 11.4 Å². The zero-order valence-corrected chi connectivity index (χ0v) is 17.9. The fourth-order valence-electron chi connectivity index (χ4n) is 3.62. The van der Waals surface area contributed by atoms with Crippen LogP contribution < -0.4 is 5.32 Å². The molecule has 1 N–H and O–H groups in total. The highest BCUT2D eigenvalue weighted by atomic mass is 35.5. The second kappa shape index (κ2) is 9.09. The summed E-state index contributed by atoms with van der Waals surface area (Å²) in [6, 6.07) is 1.77. The molecule has 1 aliphatic heterocycles. The Labute approximate surface area is 171 Å². The predicted molar refractivity (Wildman–Crippen MR) is 109 cm³/mol. The van der Waals surface area contributed by atoms with E-state index in [1.807, 2.05) is 11.8 Å². The number of nitrogens with zero attached hydrogens (tertiary/aromatic N) is 4. The van der Waals surface area contributed by atoms with Crippen molar-refractivity contribution in [1.29, 1.82) is 0 Å². The molecular formula is C20H30ClN5O2. The van der Waals surface area contributed by atoms with E-state index in [1.54, 1.807) is 13.1 Å². The molecule has 1 amide bonds. The Bertz CT molecular complexity index is 814. The van der Waals surface area contributed by atoms with Gasteiger partial charge in [-0.05, 0) is 51.1 Å². The molecule has 0 bridgehead atoms. The van der Waals surface area contributed by atoms with Gasteiger partial charge in [0.2, 0.25) is 0 Å². The number of amides is 1. The quantitative estimate of drug-likeness (QED) is 0.710. The van der Waals surface area contributed by atoms with Gasteiger partial charge in [0, 0.05) is 26.2 Å². The van der Waals surface area contributed by atoms with Gasteiger partial charge >= 0.3 is 0 Å². The molecule has 0 spiro atoms. The smallest absolute Gasteiger partial charge is 0.259 e. The summed E-state index contributed by atoms with van der Waals surface area (Å²) in [5, 5.41) is 12.3. The molecule has 1 aliphatic rings. The van der Waals surface area contributed by atoms with Gasteiger partial charge in [-0.1, -0.05) is 30.6 Å². The summed E-state index contributed by atoms with van der Waals surface area (Å²) in [7, 11) is 1.73. The maximum Gasteiger partial charge on any atom is 0.259 e. The van der Waals surface area contributed by atoms with Crippen LogP contribution in [-0.4, -0.2) is 51.9 Å².